The monoisotopic (exact) mass is 209 g/mol. The summed E-state index contributed by atoms with van der Waals surface area (Å²) in [6.07, 6.45) is 0. The van der Waals surface area contributed by atoms with Gasteiger partial charge in [0, 0.05) is 5.56 Å². The molecule has 0 bridgehead atoms. The maximum absolute atomic E-state index is 4.11. The van der Waals surface area contributed by atoms with Crippen LogP contribution in [0.4, 0.5) is 0 Å². The van der Waals surface area contributed by atoms with Crippen molar-refractivity contribution in [2.75, 3.05) is 0 Å². The van der Waals surface area contributed by atoms with Gasteiger partial charge in [-0.1, -0.05) is 47.2 Å². The number of nitrogens with one attached hydrogen (secondary N) is 1. The smallest absolute Gasteiger partial charge is 0.120 e. The average molecular weight is 209 g/mol. The number of fused-ring (bicyclic) bond motifs is 1. The zero-order valence-corrected chi connectivity index (χ0v) is 8.94. The van der Waals surface area contributed by atoms with Crippen LogP contribution in [0.2, 0.25) is 0 Å². The highest BCUT2D eigenvalue weighted by Crippen LogP contribution is 2.25. The molecule has 16 heavy (non-hydrogen) atoms. The molecule has 0 saturated carbocycles. The first kappa shape index (κ1) is 9.09. The molecule has 0 fully saturated rings. The van der Waals surface area contributed by atoms with Gasteiger partial charge in [0.2, 0.25) is 0 Å². The Morgan fingerprint density at radius 3 is 2.62 bits per heavy atom. The molecule has 0 radical (unpaired) electrons. The lowest BCUT2D eigenvalue weighted by Gasteiger charge is -2.02. The van der Waals surface area contributed by atoms with Gasteiger partial charge in [0.15, 0.2) is 0 Å². The highest BCUT2D eigenvalue weighted by Gasteiger charge is 2.05. The van der Waals surface area contributed by atoms with E-state index in [2.05, 4.69) is 52.7 Å². The summed E-state index contributed by atoms with van der Waals surface area (Å²) in [5, 5.41) is 10.8. The van der Waals surface area contributed by atoms with Crippen molar-refractivity contribution in [3.63, 3.8) is 0 Å². The van der Waals surface area contributed by atoms with Gasteiger partial charge in [0.1, 0.15) is 5.52 Å². The summed E-state index contributed by atoms with van der Waals surface area (Å²) in [7, 11) is 0. The number of hydrogen-bond acceptors (Lipinski definition) is 2. The minimum Gasteiger partial charge on any atom is -0.258 e. The van der Waals surface area contributed by atoms with Crippen molar-refractivity contribution < 1.29 is 0 Å². The third-order valence-corrected chi connectivity index (χ3v) is 2.72. The van der Waals surface area contributed by atoms with Gasteiger partial charge < -0.3 is 0 Å². The second-order valence-corrected chi connectivity index (χ2v) is 3.88. The highest BCUT2D eigenvalue weighted by atomic mass is 15.3. The normalized spacial score (nSPS) is 10.8. The fourth-order valence-electron chi connectivity index (χ4n) is 1.84. The van der Waals surface area contributed by atoms with E-state index in [0.29, 0.717) is 0 Å². The number of rotatable bonds is 1. The first-order chi connectivity index (χ1) is 7.84. The van der Waals surface area contributed by atoms with Crippen molar-refractivity contribution in [2.45, 2.75) is 6.92 Å². The maximum atomic E-state index is 4.11. The van der Waals surface area contributed by atoms with Gasteiger partial charge in [-0.25, -0.2) is 0 Å². The predicted octanol–water partition coefficient (Wildman–Crippen LogP) is 2.93. The molecule has 0 spiro atoms. The van der Waals surface area contributed by atoms with E-state index < -0.39 is 0 Å². The number of aromatic nitrogens is 3. The van der Waals surface area contributed by atoms with Crippen LogP contribution in [0, 0.1) is 6.92 Å². The summed E-state index contributed by atoms with van der Waals surface area (Å²) >= 11 is 0. The van der Waals surface area contributed by atoms with Crippen LogP contribution < -0.4 is 0 Å². The number of hydrogen-bond donors (Lipinski definition) is 1. The zero-order chi connectivity index (χ0) is 11.0. The fraction of sp³-hybridized carbons (Fsp3) is 0.0769. The molecule has 0 saturated heterocycles. The van der Waals surface area contributed by atoms with Crippen molar-refractivity contribution in [3.05, 3.63) is 48.0 Å². The predicted molar refractivity (Wildman–Crippen MR) is 64.1 cm³/mol. The van der Waals surface area contributed by atoms with Crippen LogP contribution in [0.3, 0.4) is 0 Å². The van der Waals surface area contributed by atoms with Crippen molar-refractivity contribution in [1.29, 1.82) is 0 Å². The number of nitrogens with zero attached hydrogens (tertiary/aromatic N) is 2. The Kier molecular flexibility index (Phi) is 1.96. The van der Waals surface area contributed by atoms with Gasteiger partial charge in [0.05, 0.1) is 5.52 Å². The van der Waals surface area contributed by atoms with Gasteiger partial charge in [-0.3, -0.25) is 5.10 Å². The summed E-state index contributed by atoms with van der Waals surface area (Å²) < 4.78 is 0. The van der Waals surface area contributed by atoms with E-state index in [9.17, 15) is 0 Å². The van der Waals surface area contributed by atoms with E-state index in [-0.39, 0.29) is 0 Å². The average Bonchev–Trinajstić information content (AvgIpc) is 2.78. The Labute approximate surface area is 93.1 Å². The van der Waals surface area contributed by atoms with Gasteiger partial charge in [-0.2, -0.15) is 0 Å². The van der Waals surface area contributed by atoms with Gasteiger partial charge in [-0.05, 0) is 18.6 Å². The van der Waals surface area contributed by atoms with E-state index >= 15 is 0 Å². The van der Waals surface area contributed by atoms with Crippen LogP contribution in [-0.2, 0) is 0 Å². The molecule has 3 heteroatoms. The van der Waals surface area contributed by atoms with Gasteiger partial charge in [0.25, 0.3) is 0 Å². The number of H-pyrrole nitrogens is 1. The highest BCUT2D eigenvalue weighted by molar-refractivity contribution is 5.91. The summed E-state index contributed by atoms with van der Waals surface area (Å²) in [6.45, 7) is 2.08. The Morgan fingerprint density at radius 2 is 1.81 bits per heavy atom. The molecule has 3 aromatic rings. The number of aromatic amines is 1. The molecule has 0 aliphatic heterocycles. The van der Waals surface area contributed by atoms with Crippen molar-refractivity contribution in [2.24, 2.45) is 0 Å². The molecule has 1 N–H and O–H groups in total. The molecular weight excluding hydrogens is 198 g/mol. The van der Waals surface area contributed by atoms with E-state index in [1.807, 2.05) is 12.1 Å². The molecular formula is C13H11N3. The minimum absolute atomic E-state index is 0.923. The summed E-state index contributed by atoms with van der Waals surface area (Å²) in [6, 6.07) is 14.5. The Bertz CT molecular complexity index is 623. The molecule has 1 heterocycles. The fourth-order valence-corrected chi connectivity index (χ4v) is 1.84. The van der Waals surface area contributed by atoms with Crippen LogP contribution in [0.5, 0.6) is 0 Å². The van der Waals surface area contributed by atoms with Crippen LogP contribution in [0.15, 0.2) is 42.5 Å². The molecule has 0 unspecified atom stereocenters. The Morgan fingerprint density at radius 1 is 1.00 bits per heavy atom. The molecule has 0 aliphatic carbocycles. The largest absolute Gasteiger partial charge is 0.258 e. The van der Waals surface area contributed by atoms with E-state index in [1.54, 1.807) is 0 Å². The van der Waals surface area contributed by atoms with Crippen molar-refractivity contribution in [1.82, 2.24) is 15.4 Å². The molecule has 78 valence electrons. The minimum atomic E-state index is 0.923. The number of aryl methyl sites for hydroxylation is 1. The molecule has 0 atom stereocenters. The van der Waals surface area contributed by atoms with Crippen LogP contribution >= 0.6 is 0 Å². The third kappa shape index (κ3) is 1.37. The first-order valence-electron chi connectivity index (χ1n) is 5.21. The lowest BCUT2D eigenvalue weighted by molar-refractivity contribution is 0.959. The number of benzene rings is 2. The van der Waals surface area contributed by atoms with E-state index in [0.717, 1.165) is 16.6 Å². The Hall–Kier alpha value is -2.16. The second kappa shape index (κ2) is 3.45. The first-order valence-corrected chi connectivity index (χ1v) is 5.21. The van der Waals surface area contributed by atoms with Crippen LogP contribution in [0.25, 0.3) is 22.2 Å². The standard InChI is InChI=1S/C13H11N3/c1-9-5-7-10(8-6-9)11-3-2-4-12-13(11)15-16-14-12/h2-8H,1H3,(H,14,15,16). The summed E-state index contributed by atoms with van der Waals surface area (Å²) in [4.78, 5) is 0. The second-order valence-electron chi connectivity index (χ2n) is 3.88. The van der Waals surface area contributed by atoms with E-state index in [1.165, 1.54) is 11.1 Å². The lowest BCUT2D eigenvalue weighted by Crippen LogP contribution is -1.81. The van der Waals surface area contributed by atoms with Crippen LogP contribution in [0.1, 0.15) is 5.56 Å². The topological polar surface area (TPSA) is 41.6 Å². The summed E-state index contributed by atoms with van der Waals surface area (Å²) in [5.74, 6) is 0. The quantitative estimate of drug-likeness (QED) is 0.669. The molecule has 0 aliphatic rings. The Balaban J connectivity index is 2.25. The van der Waals surface area contributed by atoms with Crippen molar-refractivity contribution in [3.8, 4) is 11.1 Å². The van der Waals surface area contributed by atoms with Gasteiger partial charge >= 0.3 is 0 Å². The molecule has 3 rings (SSSR count). The lowest BCUT2D eigenvalue weighted by atomic mass is 10.0. The molecule has 0 amide bonds. The molecule has 3 nitrogen and oxygen atoms in total. The maximum Gasteiger partial charge on any atom is 0.120 e. The van der Waals surface area contributed by atoms with Crippen LogP contribution in [-0.4, -0.2) is 15.4 Å². The molecule has 1 aromatic heterocycles. The van der Waals surface area contributed by atoms with Crippen molar-refractivity contribution >= 4 is 11.0 Å². The zero-order valence-electron chi connectivity index (χ0n) is 8.94. The third-order valence-electron chi connectivity index (χ3n) is 2.72. The van der Waals surface area contributed by atoms with E-state index in [4.69, 9.17) is 0 Å². The van der Waals surface area contributed by atoms with Gasteiger partial charge in [-0.15, -0.1) is 5.10 Å². The SMILES string of the molecule is Cc1ccc(-c2cccc3[nH]nnc23)cc1. The summed E-state index contributed by atoms with van der Waals surface area (Å²) in [5.41, 5.74) is 5.44. The molecule has 2 aromatic carbocycles.